The molecule has 1 rings (SSSR count). The third-order valence-corrected chi connectivity index (χ3v) is 3.17. The van der Waals surface area contributed by atoms with E-state index in [1.165, 1.54) is 5.56 Å². The minimum absolute atomic E-state index is 0.0303. The lowest BCUT2D eigenvalue weighted by Crippen LogP contribution is -2.35. The van der Waals surface area contributed by atoms with Crippen LogP contribution in [0.5, 0.6) is 0 Å². The number of hydrogen-bond donors (Lipinski definition) is 1. The highest BCUT2D eigenvalue weighted by Gasteiger charge is 2.27. The summed E-state index contributed by atoms with van der Waals surface area (Å²) in [6.07, 6.45) is -2.61. The highest BCUT2D eigenvalue weighted by molar-refractivity contribution is 7.07. The summed E-state index contributed by atoms with van der Waals surface area (Å²) >= 11 is 1.63. The molecule has 104 valence electrons. The molecule has 0 fully saturated rings. The molecule has 1 aromatic heterocycles. The van der Waals surface area contributed by atoms with Gasteiger partial charge in [0.15, 0.2) is 0 Å². The summed E-state index contributed by atoms with van der Waals surface area (Å²) in [7, 11) is 0. The lowest BCUT2D eigenvalue weighted by molar-refractivity contribution is -0.175. The molecule has 1 heterocycles. The molecule has 1 atom stereocenters. The Balaban J connectivity index is 2.26. The van der Waals surface area contributed by atoms with Crippen molar-refractivity contribution in [2.75, 3.05) is 19.8 Å². The SMILES string of the molecule is CCNC(CCc1ccsc1)COCC(F)(F)F. The van der Waals surface area contributed by atoms with E-state index in [2.05, 4.69) is 10.7 Å². The largest absolute Gasteiger partial charge is 0.411 e. The summed E-state index contributed by atoms with van der Waals surface area (Å²) < 4.78 is 40.6. The van der Waals surface area contributed by atoms with E-state index in [4.69, 9.17) is 4.74 Å². The average Bonchev–Trinajstić information content (AvgIpc) is 2.77. The summed E-state index contributed by atoms with van der Waals surface area (Å²) in [6, 6.07) is 2.00. The van der Waals surface area contributed by atoms with Crippen molar-refractivity contribution >= 4 is 11.3 Å². The second kappa shape index (κ2) is 7.76. The van der Waals surface area contributed by atoms with Gasteiger partial charge in [-0.25, -0.2) is 0 Å². The number of likely N-dealkylation sites (N-methyl/N-ethyl adjacent to an activating group) is 1. The third-order valence-electron chi connectivity index (χ3n) is 2.44. The molecule has 0 amide bonds. The first kappa shape index (κ1) is 15.5. The maximum atomic E-state index is 12.0. The van der Waals surface area contributed by atoms with Crippen LogP contribution >= 0.6 is 11.3 Å². The predicted octanol–water partition coefficient (Wildman–Crippen LogP) is 3.24. The lowest BCUT2D eigenvalue weighted by Gasteiger charge is -2.18. The fourth-order valence-electron chi connectivity index (χ4n) is 1.63. The number of alkyl halides is 3. The van der Waals surface area contributed by atoms with Gasteiger partial charge in [-0.1, -0.05) is 6.92 Å². The van der Waals surface area contributed by atoms with Crippen LogP contribution in [0.15, 0.2) is 16.8 Å². The van der Waals surface area contributed by atoms with Gasteiger partial charge in [0.1, 0.15) is 6.61 Å². The maximum absolute atomic E-state index is 12.0. The van der Waals surface area contributed by atoms with Crippen molar-refractivity contribution < 1.29 is 17.9 Å². The molecule has 0 aliphatic rings. The van der Waals surface area contributed by atoms with Crippen LogP contribution in [-0.2, 0) is 11.2 Å². The first-order chi connectivity index (χ1) is 8.51. The molecule has 1 aromatic rings. The van der Waals surface area contributed by atoms with Gasteiger partial charge in [-0.15, -0.1) is 0 Å². The van der Waals surface area contributed by atoms with Gasteiger partial charge in [0, 0.05) is 6.04 Å². The van der Waals surface area contributed by atoms with E-state index >= 15 is 0 Å². The zero-order chi connectivity index (χ0) is 13.4. The molecule has 1 N–H and O–H groups in total. The van der Waals surface area contributed by atoms with Crippen LogP contribution in [0.3, 0.4) is 0 Å². The van der Waals surface area contributed by atoms with Crippen molar-refractivity contribution in [3.8, 4) is 0 Å². The number of ether oxygens (including phenoxy) is 1. The average molecular weight is 281 g/mol. The highest BCUT2D eigenvalue weighted by atomic mass is 32.1. The number of halogens is 3. The summed E-state index contributed by atoms with van der Waals surface area (Å²) in [5, 5.41) is 7.20. The zero-order valence-electron chi connectivity index (χ0n) is 10.3. The summed E-state index contributed by atoms with van der Waals surface area (Å²) in [6.45, 7) is 1.58. The first-order valence-electron chi connectivity index (χ1n) is 5.90. The van der Waals surface area contributed by atoms with E-state index in [1.807, 2.05) is 18.4 Å². The number of aryl methyl sites for hydroxylation is 1. The van der Waals surface area contributed by atoms with Crippen molar-refractivity contribution in [3.63, 3.8) is 0 Å². The van der Waals surface area contributed by atoms with E-state index in [-0.39, 0.29) is 12.6 Å². The van der Waals surface area contributed by atoms with Gasteiger partial charge in [-0.3, -0.25) is 0 Å². The van der Waals surface area contributed by atoms with Gasteiger partial charge in [-0.05, 0) is 41.8 Å². The Bertz CT molecular complexity index is 314. The van der Waals surface area contributed by atoms with Crippen LogP contribution in [0.1, 0.15) is 18.9 Å². The molecule has 6 heteroatoms. The summed E-state index contributed by atoms with van der Waals surface area (Å²) in [4.78, 5) is 0. The molecule has 2 nitrogen and oxygen atoms in total. The number of hydrogen-bond acceptors (Lipinski definition) is 3. The molecule has 0 aliphatic heterocycles. The third kappa shape index (κ3) is 6.98. The van der Waals surface area contributed by atoms with Crippen LogP contribution in [0.2, 0.25) is 0 Å². The second-order valence-electron chi connectivity index (χ2n) is 4.06. The van der Waals surface area contributed by atoms with Crippen LogP contribution in [0.4, 0.5) is 13.2 Å². The molecule has 0 aliphatic carbocycles. The molecule has 0 saturated carbocycles. The van der Waals surface area contributed by atoms with E-state index in [0.717, 1.165) is 19.4 Å². The Morgan fingerprint density at radius 2 is 2.22 bits per heavy atom. The highest BCUT2D eigenvalue weighted by Crippen LogP contribution is 2.15. The normalized spacial score (nSPS) is 13.8. The molecular weight excluding hydrogens is 263 g/mol. The molecule has 18 heavy (non-hydrogen) atoms. The Morgan fingerprint density at radius 3 is 2.78 bits per heavy atom. The molecule has 1 unspecified atom stereocenters. The van der Waals surface area contributed by atoms with Gasteiger partial charge in [0.25, 0.3) is 0 Å². The van der Waals surface area contributed by atoms with Crippen molar-refractivity contribution in [2.45, 2.75) is 32.0 Å². The molecule has 0 aromatic carbocycles. The van der Waals surface area contributed by atoms with Crippen molar-refractivity contribution in [3.05, 3.63) is 22.4 Å². The van der Waals surface area contributed by atoms with Gasteiger partial charge in [0.05, 0.1) is 6.61 Å². The number of rotatable bonds is 8. The van der Waals surface area contributed by atoms with Crippen LogP contribution in [0, 0.1) is 0 Å². The zero-order valence-corrected chi connectivity index (χ0v) is 11.1. The fourth-order valence-corrected chi connectivity index (χ4v) is 2.33. The van der Waals surface area contributed by atoms with Gasteiger partial charge in [0.2, 0.25) is 0 Å². The van der Waals surface area contributed by atoms with E-state index in [9.17, 15) is 13.2 Å². The Labute approximate surface area is 109 Å². The van der Waals surface area contributed by atoms with Crippen molar-refractivity contribution in [1.29, 1.82) is 0 Å². The molecule has 0 spiro atoms. The monoisotopic (exact) mass is 281 g/mol. The molecule has 0 radical (unpaired) electrons. The van der Waals surface area contributed by atoms with Crippen LogP contribution in [-0.4, -0.2) is 32.0 Å². The Hall–Kier alpha value is -0.590. The quantitative estimate of drug-likeness (QED) is 0.790. The smallest absolute Gasteiger partial charge is 0.370 e. The number of nitrogens with one attached hydrogen (secondary N) is 1. The number of thiophene rings is 1. The predicted molar refractivity (Wildman–Crippen MR) is 67.0 cm³/mol. The van der Waals surface area contributed by atoms with E-state index in [1.54, 1.807) is 11.3 Å². The Morgan fingerprint density at radius 1 is 1.44 bits per heavy atom. The lowest BCUT2D eigenvalue weighted by atomic mass is 10.1. The van der Waals surface area contributed by atoms with Crippen LogP contribution in [0.25, 0.3) is 0 Å². The van der Waals surface area contributed by atoms with E-state index in [0.29, 0.717) is 0 Å². The fraction of sp³-hybridized carbons (Fsp3) is 0.667. The summed E-state index contributed by atoms with van der Waals surface area (Å²) in [5.41, 5.74) is 1.22. The minimum Gasteiger partial charge on any atom is -0.370 e. The van der Waals surface area contributed by atoms with Crippen LogP contribution < -0.4 is 5.32 Å². The minimum atomic E-state index is -4.25. The van der Waals surface area contributed by atoms with Gasteiger partial charge < -0.3 is 10.1 Å². The standard InChI is InChI=1S/C12H18F3NOS/c1-2-16-11(7-17-9-12(13,14)15)4-3-10-5-6-18-8-10/h5-6,8,11,16H,2-4,7,9H2,1H3. The van der Waals surface area contributed by atoms with Gasteiger partial charge >= 0.3 is 6.18 Å². The topological polar surface area (TPSA) is 21.3 Å². The molecular formula is C12H18F3NOS. The molecule has 0 bridgehead atoms. The summed E-state index contributed by atoms with van der Waals surface area (Å²) in [5.74, 6) is 0. The van der Waals surface area contributed by atoms with Crippen molar-refractivity contribution in [1.82, 2.24) is 5.32 Å². The van der Waals surface area contributed by atoms with Crippen molar-refractivity contribution in [2.24, 2.45) is 0 Å². The maximum Gasteiger partial charge on any atom is 0.411 e. The van der Waals surface area contributed by atoms with Gasteiger partial charge in [-0.2, -0.15) is 24.5 Å². The second-order valence-corrected chi connectivity index (χ2v) is 4.84. The van der Waals surface area contributed by atoms with E-state index < -0.39 is 12.8 Å². The molecule has 0 saturated heterocycles. The Kier molecular flexibility index (Phi) is 6.67. The first-order valence-corrected chi connectivity index (χ1v) is 6.84.